The fraction of sp³-hybridized carbons (Fsp3) is 0.455. The molecule has 0 aliphatic heterocycles. The Balaban J connectivity index is 4.48. The highest BCUT2D eigenvalue weighted by atomic mass is 14.6. The molecule has 2 N–H and O–H groups in total. The van der Waals surface area contributed by atoms with Crippen LogP contribution in [-0.2, 0) is 0 Å². The third-order valence-corrected chi connectivity index (χ3v) is 1.57. The molecule has 0 aliphatic carbocycles. The van der Waals surface area contributed by atoms with Crippen LogP contribution in [0, 0.1) is 5.92 Å². The summed E-state index contributed by atoms with van der Waals surface area (Å²) >= 11 is 0. The van der Waals surface area contributed by atoms with Crippen molar-refractivity contribution in [2.45, 2.75) is 27.2 Å². The highest BCUT2D eigenvalue weighted by Gasteiger charge is 1.99. The Morgan fingerprint density at radius 2 is 2.08 bits per heavy atom. The van der Waals surface area contributed by atoms with Gasteiger partial charge in [-0.25, -0.2) is 0 Å². The normalized spacial score (nSPS) is 13.7. The van der Waals surface area contributed by atoms with Crippen molar-refractivity contribution in [2.24, 2.45) is 11.7 Å². The molecule has 0 atom stereocenters. The molecule has 12 heavy (non-hydrogen) atoms. The zero-order valence-corrected chi connectivity index (χ0v) is 8.30. The quantitative estimate of drug-likeness (QED) is 0.637. The summed E-state index contributed by atoms with van der Waals surface area (Å²) in [6.45, 7) is 10.0. The van der Waals surface area contributed by atoms with Gasteiger partial charge in [0, 0.05) is 5.70 Å². The third kappa shape index (κ3) is 4.02. The molecule has 1 nitrogen and oxygen atoms in total. The molecule has 0 heterocycles. The van der Waals surface area contributed by atoms with Crippen LogP contribution in [-0.4, -0.2) is 0 Å². The van der Waals surface area contributed by atoms with Crippen LogP contribution in [0.1, 0.15) is 27.2 Å². The molecule has 0 amide bonds. The van der Waals surface area contributed by atoms with Gasteiger partial charge in [0.2, 0.25) is 0 Å². The lowest BCUT2D eigenvalue weighted by atomic mass is 10.0. The molecule has 0 spiro atoms. The van der Waals surface area contributed by atoms with Crippen molar-refractivity contribution in [3.05, 3.63) is 36.1 Å². The van der Waals surface area contributed by atoms with Crippen LogP contribution < -0.4 is 5.73 Å². The highest BCUT2D eigenvalue weighted by Crippen LogP contribution is 2.11. The molecule has 0 radical (unpaired) electrons. The maximum atomic E-state index is 5.87. The van der Waals surface area contributed by atoms with Crippen molar-refractivity contribution in [3.63, 3.8) is 0 Å². The number of hydrogen-bond donors (Lipinski definition) is 1. The first-order chi connectivity index (χ1) is 5.61. The first-order valence-electron chi connectivity index (χ1n) is 4.35. The molecule has 0 bridgehead atoms. The van der Waals surface area contributed by atoms with Crippen molar-refractivity contribution in [3.8, 4) is 0 Å². The minimum absolute atomic E-state index is 0.602. The van der Waals surface area contributed by atoms with Gasteiger partial charge in [-0.1, -0.05) is 38.7 Å². The van der Waals surface area contributed by atoms with Crippen LogP contribution in [0.3, 0.4) is 0 Å². The molecule has 0 fully saturated rings. The summed E-state index contributed by atoms with van der Waals surface area (Å²) < 4.78 is 0. The van der Waals surface area contributed by atoms with Gasteiger partial charge in [0.15, 0.2) is 0 Å². The minimum atomic E-state index is 0.602. The van der Waals surface area contributed by atoms with Crippen LogP contribution in [0.2, 0.25) is 0 Å². The van der Waals surface area contributed by atoms with E-state index in [1.54, 1.807) is 6.08 Å². The van der Waals surface area contributed by atoms with Gasteiger partial charge in [0.1, 0.15) is 0 Å². The Labute approximate surface area is 75.7 Å². The second kappa shape index (κ2) is 5.64. The molecule has 0 unspecified atom stereocenters. The van der Waals surface area contributed by atoms with E-state index in [1.807, 2.05) is 19.1 Å². The van der Waals surface area contributed by atoms with Gasteiger partial charge >= 0.3 is 0 Å². The Kier molecular flexibility index (Phi) is 5.18. The standard InChI is InChI=1S/C11H19N/c1-5-7-10(6-2)11(12)8-9(3)4/h5-7,9H,2,8,12H2,1,3-4H3/b7-5-,11-10+. The molecular formula is C11H19N. The molecule has 0 aliphatic rings. The molecule has 0 aromatic rings. The van der Waals surface area contributed by atoms with Gasteiger partial charge in [-0.15, -0.1) is 0 Å². The van der Waals surface area contributed by atoms with E-state index in [-0.39, 0.29) is 0 Å². The van der Waals surface area contributed by atoms with Crippen molar-refractivity contribution < 1.29 is 0 Å². The van der Waals surface area contributed by atoms with E-state index in [1.165, 1.54) is 0 Å². The first kappa shape index (κ1) is 11.0. The van der Waals surface area contributed by atoms with E-state index in [0.29, 0.717) is 5.92 Å². The average Bonchev–Trinajstić information content (AvgIpc) is 1.98. The Morgan fingerprint density at radius 1 is 1.50 bits per heavy atom. The van der Waals surface area contributed by atoms with E-state index in [4.69, 9.17) is 5.73 Å². The predicted molar refractivity (Wildman–Crippen MR) is 55.7 cm³/mol. The number of hydrogen-bond acceptors (Lipinski definition) is 1. The average molecular weight is 165 g/mol. The van der Waals surface area contributed by atoms with E-state index in [0.717, 1.165) is 17.7 Å². The van der Waals surface area contributed by atoms with Crippen molar-refractivity contribution >= 4 is 0 Å². The smallest absolute Gasteiger partial charge is 0.0156 e. The summed E-state index contributed by atoms with van der Waals surface area (Å²) in [6.07, 6.45) is 6.71. The lowest BCUT2D eigenvalue weighted by molar-refractivity contribution is 0.636. The van der Waals surface area contributed by atoms with Crippen LogP contribution in [0.15, 0.2) is 36.1 Å². The topological polar surface area (TPSA) is 26.0 Å². The molecule has 1 heteroatoms. The van der Waals surface area contributed by atoms with Crippen molar-refractivity contribution in [1.29, 1.82) is 0 Å². The Hall–Kier alpha value is -0.980. The SMILES string of the molecule is C=CC(/C=C\C)=C(\N)CC(C)C. The number of allylic oxidation sites excluding steroid dienone is 5. The largest absolute Gasteiger partial charge is 0.402 e. The molecule has 0 aromatic heterocycles. The summed E-state index contributed by atoms with van der Waals surface area (Å²) in [5, 5.41) is 0. The van der Waals surface area contributed by atoms with Gasteiger partial charge in [0.25, 0.3) is 0 Å². The predicted octanol–water partition coefficient (Wildman–Crippen LogP) is 3.01. The highest BCUT2D eigenvalue weighted by molar-refractivity contribution is 5.33. The van der Waals surface area contributed by atoms with Crippen LogP contribution in [0.25, 0.3) is 0 Å². The van der Waals surface area contributed by atoms with E-state index >= 15 is 0 Å². The second-order valence-corrected chi connectivity index (χ2v) is 3.28. The Morgan fingerprint density at radius 3 is 2.42 bits per heavy atom. The summed E-state index contributed by atoms with van der Waals surface area (Å²) in [5.74, 6) is 0.602. The number of nitrogens with two attached hydrogens (primary N) is 1. The van der Waals surface area contributed by atoms with Crippen molar-refractivity contribution in [2.75, 3.05) is 0 Å². The minimum Gasteiger partial charge on any atom is -0.402 e. The van der Waals surface area contributed by atoms with E-state index < -0.39 is 0 Å². The van der Waals surface area contributed by atoms with Gasteiger partial charge in [0.05, 0.1) is 0 Å². The monoisotopic (exact) mass is 165 g/mol. The first-order valence-corrected chi connectivity index (χ1v) is 4.35. The summed E-state index contributed by atoms with van der Waals surface area (Å²) in [5.41, 5.74) is 7.85. The second-order valence-electron chi connectivity index (χ2n) is 3.28. The lowest BCUT2D eigenvalue weighted by Gasteiger charge is -2.07. The van der Waals surface area contributed by atoms with Gasteiger partial charge in [-0.2, -0.15) is 0 Å². The van der Waals surface area contributed by atoms with Crippen molar-refractivity contribution in [1.82, 2.24) is 0 Å². The molecule has 0 aromatic carbocycles. The van der Waals surface area contributed by atoms with E-state index in [9.17, 15) is 0 Å². The fourth-order valence-electron chi connectivity index (χ4n) is 1.04. The summed E-state index contributed by atoms with van der Waals surface area (Å²) in [7, 11) is 0. The maximum Gasteiger partial charge on any atom is 0.0156 e. The van der Waals surface area contributed by atoms with Crippen LogP contribution in [0.5, 0.6) is 0 Å². The summed E-state index contributed by atoms with van der Waals surface area (Å²) in [6, 6.07) is 0. The third-order valence-electron chi connectivity index (χ3n) is 1.57. The van der Waals surface area contributed by atoms with E-state index in [2.05, 4.69) is 20.4 Å². The van der Waals surface area contributed by atoms with Gasteiger partial charge in [-0.3, -0.25) is 0 Å². The van der Waals surface area contributed by atoms with Gasteiger partial charge in [-0.05, 0) is 24.8 Å². The maximum absolute atomic E-state index is 5.87. The van der Waals surface area contributed by atoms with Gasteiger partial charge < -0.3 is 5.73 Å². The zero-order valence-electron chi connectivity index (χ0n) is 8.30. The molecular weight excluding hydrogens is 146 g/mol. The molecule has 68 valence electrons. The van der Waals surface area contributed by atoms with Crippen LogP contribution >= 0.6 is 0 Å². The molecule has 0 saturated carbocycles. The molecule has 0 rings (SSSR count). The molecule has 0 saturated heterocycles. The number of rotatable bonds is 4. The van der Waals surface area contributed by atoms with Crippen LogP contribution in [0.4, 0.5) is 0 Å². The zero-order chi connectivity index (χ0) is 9.56. The fourth-order valence-corrected chi connectivity index (χ4v) is 1.04. The lowest BCUT2D eigenvalue weighted by Crippen LogP contribution is -2.04. The summed E-state index contributed by atoms with van der Waals surface area (Å²) in [4.78, 5) is 0. The Bertz CT molecular complexity index is 197.